The monoisotopic (exact) mass is 335 g/mol. The lowest BCUT2D eigenvalue weighted by molar-refractivity contribution is 0.618. The first-order valence-corrected chi connectivity index (χ1v) is 9.49. The van der Waals surface area contributed by atoms with Crippen molar-refractivity contribution in [3.05, 3.63) is 53.7 Å². The molecule has 2 heterocycles. The summed E-state index contributed by atoms with van der Waals surface area (Å²) < 4.78 is 2.23. The normalized spacial score (nSPS) is 11.4. The number of aromatic nitrogens is 2. The minimum Gasteiger partial charge on any atom is -0.340 e. The Balaban J connectivity index is 2.01. The molecule has 0 radical (unpaired) electrons. The highest BCUT2D eigenvalue weighted by Gasteiger charge is 2.11. The number of anilines is 2. The summed E-state index contributed by atoms with van der Waals surface area (Å²) in [5, 5.41) is 4.82. The molecule has 3 nitrogen and oxygen atoms in total. The van der Waals surface area contributed by atoms with Gasteiger partial charge in [-0.3, -0.25) is 0 Å². The van der Waals surface area contributed by atoms with Gasteiger partial charge < -0.3 is 9.88 Å². The highest BCUT2D eigenvalue weighted by atomic mass is 15.1. The van der Waals surface area contributed by atoms with Gasteiger partial charge in [0.05, 0.1) is 0 Å². The maximum Gasteiger partial charge on any atom is 0.142 e. The third kappa shape index (κ3) is 3.71. The van der Waals surface area contributed by atoms with Gasteiger partial charge >= 0.3 is 0 Å². The van der Waals surface area contributed by atoms with E-state index in [-0.39, 0.29) is 0 Å². The average Bonchev–Trinajstić information content (AvgIpc) is 3.01. The molecule has 0 aliphatic heterocycles. The highest BCUT2D eigenvalue weighted by molar-refractivity contribution is 5.79. The van der Waals surface area contributed by atoms with E-state index in [0.717, 1.165) is 37.1 Å². The fourth-order valence-corrected chi connectivity index (χ4v) is 3.41. The summed E-state index contributed by atoms with van der Waals surface area (Å²) in [5.74, 6) is 0.925. The summed E-state index contributed by atoms with van der Waals surface area (Å²) in [4.78, 5) is 4.91. The molecular weight excluding hydrogens is 306 g/mol. The first-order chi connectivity index (χ1) is 12.1. The predicted octanol–water partition coefficient (Wildman–Crippen LogP) is 6.27. The fourth-order valence-electron chi connectivity index (χ4n) is 3.41. The third-order valence-corrected chi connectivity index (χ3v) is 4.65. The first-order valence-electron chi connectivity index (χ1n) is 9.49. The van der Waals surface area contributed by atoms with Crippen LogP contribution < -0.4 is 5.32 Å². The number of hydrogen-bond acceptors (Lipinski definition) is 2. The van der Waals surface area contributed by atoms with Crippen molar-refractivity contribution >= 4 is 22.5 Å². The molecule has 132 valence electrons. The van der Waals surface area contributed by atoms with Gasteiger partial charge in [-0.05, 0) is 56.0 Å². The smallest absolute Gasteiger partial charge is 0.142 e. The highest BCUT2D eigenvalue weighted by Crippen LogP contribution is 2.28. The second-order valence-electron chi connectivity index (χ2n) is 7.00. The molecule has 0 aliphatic carbocycles. The summed E-state index contributed by atoms with van der Waals surface area (Å²) >= 11 is 0. The molecule has 0 amide bonds. The molecule has 0 spiro atoms. The van der Waals surface area contributed by atoms with Crippen LogP contribution in [-0.2, 0) is 12.8 Å². The lowest BCUT2D eigenvalue weighted by Gasteiger charge is -2.16. The molecule has 0 fully saturated rings. The van der Waals surface area contributed by atoms with Gasteiger partial charge in [0.15, 0.2) is 0 Å². The maximum atomic E-state index is 4.91. The van der Waals surface area contributed by atoms with E-state index in [4.69, 9.17) is 4.98 Å². The van der Waals surface area contributed by atoms with Gasteiger partial charge in [0.1, 0.15) is 11.5 Å². The fraction of sp³-hybridized carbons (Fsp3) is 0.409. The van der Waals surface area contributed by atoms with E-state index >= 15 is 0 Å². The van der Waals surface area contributed by atoms with Crippen molar-refractivity contribution in [2.75, 3.05) is 5.32 Å². The van der Waals surface area contributed by atoms with Crippen LogP contribution >= 0.6 is 0 Å². The van der Waals surface area contributed by atoms with Gasteiger partial charge in [-0.25, -0.2) is 4.98 Å². The minimum atomic E-state index is 0.406. The number of fused-ring (bicyclic) bond motifs is 1. The molecule has 0 atom stereocenters. The van der Waals surface area contributed by atoms with E-state index < -0.39 is 0 Å². The van der Waals surface area contributed by atoms with Crippen LogP contribution in [0.3, 0.4) is 0 Å². The molecule has 0 bridgehead atoms. The molecular formula is C22H29N3. The Labute approximate surface area is 151 Å². The Morgan fingerprint density at radius 1 is 0.960 bits per heavy atom. The van der Waals surface area contributed by atoms with Crippen LogP contribution in [-0.4, -0.2) is 9.55 Å². The zero-order valence-corrected chi connectivity index (χ0v) is 15.8. The van der Waals surface area contributed by atoms with E-state index in [1.165, 1.54) is 22.2 Å². The Morgan fingerprint density at radius 3 is 2.24 bits per heavy atom. The molecule has 1 aromatic carbocycles. The number of nitrogens with zero attached hydrogens (tertiary/aromatic N) is 2. The zero-order valence-electron chi connectivity index (χ0n) is 15.8. The van der Waals surface area contributed by atoms with Crippen molar-refractivity contribution in [2.45, 2.75) is 59.4 Å². The quantitative estimate of drug-likeness (QED) is 0.552. The van der Waals surface area contributed by atoms with E-state index in [1.807, 2.05) is 0 Å². The first kappa shape index (κ1) is 17.5. The van der Waals surface area contributed by atoms with Crippen LogP contribution in [0.4, 0.5) is 11.5 Å². The number of benzene rings is 1. The summed E-state index contributed by atoms with van der Waals surface area (Å²) in [6.45, 7) is 8.85. The topological polar surface area (TPSA) is 29.9 Å². The van der Waals surface area contributed by atoms with E-state index in [1.54, 1.807) is 0 Å². The molecule has 1 N–H and O–H groups in total. The van der Waals surface area contributed by atoms with Crippen molar-refractivity contribution in [1.82, 2.24) is 9.55 Å². The molecule has 2 aromatic heterocycles. The molecule has 25 heavy (non-hydrogen) atoms. The van der Waals surface area contributed by atoms with Crippen LogP contribution in [0.1, 0.15) is 57.7 Å². The summed E-state index contributed by atoms with van der Waals surface area (Å²) in [7, 11) is 0. The summed E-state index contributed by atoms with van der Waals surface area (Å²) in [6.07, 6.45) is 6.59. The molecule has 0 unspecified atom stereocenters. The van der Waals surface area contributed by atoms with Gasteiger partial charge in [-0.2, -0.15) is 0 Å². The van der Waals surface area contributed by atoms with Crippen molar-refractivity contribution in [1.29, 1.82) is 0 Å². The van der Waals surface area contributed by atoms with E-state index in [0.29, 0.717) is 6.04 Å². The van der Waals surface area contributed by atoms with Gasteiger partial charge in [0.2, 0.25) is 0 Å². The van der Waals surface area contributed by atoms with Gasteiger partial charge in [-0.1, -0.05) is 44.9 Å². The second-order valence-corrected chi connectivity index (χ2v) is 7.00. The van der Waals surface area contributed by atoms with E-state index in [9.17, 15) is 0 Å². The predicted molar refractivity (Wildman–Crippen MR) is 108 cm³/mol. The Kier molecular flexibility index (Phi) is 5.42. The maximum absolute atomic E-state index is 4.91. The number of hydrogen-bond donors (Lipinski definition) is 1. The van der Waals surface area contributed by atoms with Crippen LogP contribution in [0.2, 0.25) is 0 Å². The lowest BCUT2D eigenvalue weighted by Crippen LogP contribution is -2.04. The van der Waals surface area contributed by atoms with Crippen LogP contribution in [0.5, 0.6) is 0 Å². The molecule has 3 rings (SSSR count). The lowest BCUT2D eigenvalue weighted by atomic mass is 10.00. The van der Waals surface area contributed by atoms with Crippen molar-refractivity contribution < 1.29 is 0 Å². The van der Waals surface area contributed by atoms with Crippen molar-refractivity contribution in [3.8, 4) is 0 Å². The standard InChI is InChI=1S/C22H29N3/c1-5-8-17-10-7-11-18(9-6-2)21(17)23-20-13-12-19-14-15-25(16(3)4)22(19)24-20/h7,10-16H,5-6,8-9H2,1-4H3,(H,23,24). The van der Waals surface area contributed by atoms with E-state index in [2.05, 4.69) is 80.2 Å². The molecule has 3 heteroatoms. The number of para-hydroxylation sites is 1. The average molecular weight is 335 g/mol. The molecule has 0 saturated carbocycles. The summed E-state index contributed by atoms with van der Waals surface area (Å²) in [6, 6.07) is 13.4. The minimum absolute atomic E-state index is 0.406. The largest absolute Gasteiger partial charge is 0.340 e. The van der Waals surface area contributed by atoms with Gasteiger partial charge in [-0.15, -0.1) is 0 Å². The SMILES string of the molecule is CCCc1cccc(CCC)c1Nc1ccc2ccn(C(C)C)c2n1. The zero-order chi connectivity index (χ0) is 17.8. The number of rotatable bonds is 7. The number of nitrogens with one attached hydrogen (secondary N) is 1. The van der Waals surface area contributed by atoms with Crippen LogP contribution in [0.25, 0.3) is 11.0 Å². The Morgan fingerprint density at radius 2 is 1.64 bits per heavy atom. The van der Waals surface area contributed by atoms with Crippen LogP contribution in [0, 0.1) is 0 Å². The number of aryl methyl sites for hydroxylation is 2. The Bertz CT molecular complexity index is 821. The third-order valence-electron chi connectivity index (χ3n) is 4.65. The summed E-state index contributed by atoms with van der Waals surface area (Å²) in [5.41, 5.74) is 5.06. The molecule has 0 saturated heterocycles. The van der Waals surface area contributed by atoms with Crippen LogP contribution in [0.15, 0.2) is 42.6 Å². The molecule has 3 aromatic rings. The second kappa shape index (κ2) is 7.73. The van der Waals surface area contributed by atoms with Gasteiger partial charge in [0.25, 0.3) is 0 Å². The van der Waals surface area contributed by atoms with Gasteiger partial charge in [0, 0.05) is 23.3 Å². The Hall–Kier alpha value is -2.29. The van der Waals surface area contributed by atoms with Crippen molar-refractivity contribution in [3.63, 3.8) is 0 Å². The van der Waals surface area contributed by atoms with Crippen molar-refractivity contribution in [2.24, 2.45) is 0 Å². The number of pyridine rings is 1. The molecule has 0 aliphatic rings.